The summed E-state index contributed by atoms with van der Waals surface area (Å²) in [6.45, 7) is 3.70. The van der Waals surface area contributed by atoms with Crippen LogP contribution in [0.2, 0.25) is 0 Å². The molecule has 0 unspecified atom stereocenters. The highest BCUT2D eigenvalue weighted by atomic mass is 19.4. The lowest BCUT2D eigenvalue weighted by Gasteiger charge is -2.36. The molecule has 10 heteroatoms. The third-order valence-corrected chi connectivity index (χ3v) is 7.30. The van der Waals surface area contributed by atoms with Crippen molar-refractivity contribution in [1.82, 2.24) is 15.2 Å². The van der Waals surface area contributed by atoms with Crippen LogP contribution in [0.4, 0.5) is 18.9 Å². The van der Waals surface area contributed by atoms with E-state index in [-0.39, 0.29) is 29.6 Å². The number of carbonyl (C=O) groups is 2. The minimum atomic E-state index is -4.65. The molecule has 0 spiro atoms. The van der Waals surface area contributed by atoms with E-state index >= 15 is 0 Å². The number of hydrogen-bond donors (Lipinski definition) is 1. The predicted octanol–water partition coefficient (Wildman–Crippen LogP) is 3.63. The Balaban J connectivity index is 1.50. The van der Waals surface area contributed by atoms with Gasteiger partial charge in [-0.2, -0.15) is 18.4 Å². The van der Waals surface area contributed by atoms with Crippen LogP contribution in [-0.2, 0) is 11.0 Å². The van der Waals surface area contributed by atoms with Crippen molar-refractivity contribution in [3.8, 4) is 6.07 Å². The lowest BCUT2D eigenvalue weighted by Crippen LogP contribution is -2.43. The zero-order chi connectivity index (χ0) is 26.0. The summed E-state index contributed by atoms with van der Waals surface area (Å²) >= 11 is 0. The smallest absolute Gasteiger partial charge is 0.370 e. The van der Waals surface area contributed by atoms with Gasteiger partial charge in [-0.15, -0.1) is 0 Å². The van der Waals surface area contributed by atoms with Crippen molar-refractivity contribution in [3.05, 3.63) is 58.9 Å². The summed E-state index contributed by atoms with van der Waals surface area (Å²) in [6, 6.07) is 7.11. The zero-order valence-electron chi connectivity index (χ0n) is 20.2. The number of piperidine rings is 1. The summed E-state index contributed by atoms with van der Waals surface area (Å²) in [5.74, 6) is -0.507. The molecular weight excluding hydrogens is 471 g/mol. The van der Waals surface area contributed by atoms with Gasteiger partial charge in [-0.25, -0.2) is 0 Å². The number of nitrogens with zero attached hydrogens (tertiary/aromatic N) is 4. The molecule has 190 valence electrons. The van der Waals surface area contributed by atoms with Crippen molar-refractivity contribution < 1.29 is 22.8 Å². The van der Waals surface area contributed by atoms with Crippen molar-refractivity contribution in [2.45, 2.75) is 25.9 Å². The SMILES string of the molecule is CNC(=O)[C@@H]1CN(c2ccc(C#N)c(C(F)(F)F)c2)C[C@H]1C1CCN(C(=O)c2cncc(C)c2)CC1. The second-order valence-electron chi connectivity index (χ2n) is 9.51. The highest BCUT2D eigenvalue weighted by molar-refractivity contribution is 5.94. The lowest BCUT2D eigenvalue weighted by atomic mass is 9.78. The van der Waals surface area contributed by atoms with E-state index in [0.29, 0.717) is 50.3 Å². The van der Waals surface area contributed by atoms with Gasteiger partial charge in [0.1, 0.15) is 0 Å². The number of halogens is 3. The van der Waals surface area contributed by atoms with Crippen molar-refractivity contribution >= 4 is 17.5 Å². The number of hydrogen-bond acceptors (Lipinski definition) is 5. The fourth-order valence-electron chi connectivity index (χ4n) is 5.43. The molecule has 1 aromatic heterocycles. The molecular formula is C26H28F3N5O2. The Morgan fingerprint density at radius 2 is 1.86 bits per heavy atom. The second-order valence-corrected chi connectivity index (χ2v) is 9.51. The maximum Gasteiger partial charge on any atom is 0.417 e. The number of amides is 2. The van der Waals surface area contributed by atoms with Gasteiger partial charge in [0.05, 0.1) is 28.7 Å². The maximum absolute atomic E-state index is 13.5. The van der Waals surface area contributed by atoms with Crippen molar-refractivity contribution in [2.24, 2.45) is 17.8 Å². The number of benzene rings is 1. The van der Waals surface area contributed by atoms with E-state index in [1.165, 1.54) is 12.1 Å². The van der Waals surface area contributed by atoms with E-state index in [2.05, 4.69) is 10.3 Å². The van der Waals surface area contributed by atoms with Gasteiger partial charge in [-0.05, 0) is 61.4 Å². The van der Waals surface area contributed by atoms with Crippen LogP contribution in [0.5, 0.6) is 0 Å². The van der Waals surface area contributed by atoms with Gasteiger partial charge in [0, 0.05) is 51.3 Å². The van der Waals surface area contributed by atoms with Crippen LogP contribution in [0.25, 0.3) is 0 Å². The summed E-state index contributed by atoms with van der Waals surface area (Å²) < 4.78 is 40.5. The topological polar surface area (TPSA) is 89.3 Å². The normalized spacial score (nSPS) is 20.8. The molecule has 7 nitrogen and oxygen atoms in total. The molecule has 2 aliphatic rings. The molecule has 0 bridgehead atoms. The number of alkyl halides is 3. The Hall–Kier alpha value is -3.61. The number of aromatic nitrogens is 1. The van der Waals surface area contributed by atoms with Gasteiger partial charge < -0.3 is 15.1 Å². The molecule has 0 saturated carbocycles. The fraction of sp³-hybridized carbons (Fsp3) is 0.462. The minimum absolute atomic E-state index is 0.0622. The first-order valence-corrected chi connectivity index (χ1v) is 11.9. The van der Waals surface area contributed by atoms with Gasteiger partial charge in [0.2, 0.25) is 5.91 Å². The van der Waals surface area contributed by atoms with E-state index in [1.807, 2.05) is 13.0 Å². The van der Waals surface area contributed by atoms with Crippen LogP contribution in [0.15, 0.2) is 36.7 Å². The Morgan fingerprint density at radius 1 is 1.14 bits per heavy atom. The number of nitriles is 1. The summed E-state index contributed by atoms with van der Waals surface area (Å²) in [5.41, 5.74) is 0.402. The molecule has 36 heavy (non-hydrogen) atoms. The van der Waals surface area contributed by atoms with Crippen molar-refractivity contribution in [3.63, 3.8) is 0 Å². The number of aryl methyl sites for hydroxylation is 1. The monoisotopic (exact) mass is 499 g/mol. The standard InChI is InChI=1S/C26H28F3N5O2/c1-16-9-19(13-32-12-16)25(36)33-7-5-17(6-8-33)21-14-34(15-22(21)24(35)31-2)20-4-3-18(11-30)23(10-20)26(27,28)29/h3-4,9-10,12-13,17,21-22H,5-8,14-15H2,1-2H3,(H,31,35)/t21-,22+/m0/s1. The van der Waals surface area contributed by atoms with E-state index in [1.54, 1.807) is 35.3 Å². The maximum atomic E-state index is 13.5. The number of nitrogens with one attached hydrogen (secondary N) is 1. The Morgan fingerprint density at radius 3 is 2.47 bits per heavy atom. The molecule has 1 aromatic carbocycles. The average Bonchev–Trinajstić information content (AvgIpc) is 3.32. The molecule has 2 saturated heterocycles. The third kappa shape index (κ3) is 5.15. The van der Waals surface area contributed by atoms with Gasteiger partial charge in [-0.3, -0.25) is 14.6 Å². The van der Waals surface area contributed by atoms with Gasteiger partial charge in [0.15, 0.2) is 0 Å². The Bertz CT molecular complexity index is 1180. The summed E-state index contributed by atoms with van der Waals surface area (Å²) in [6.07, 6.45) is 0.0207. The first-order chi connectivity index (χ1) is 17.1. The van der Waals surface area contributed by atoms with E-state index in [4.69, 9.17) is 5.26 Å². The van der Waals surface area contributed by atoms with E-state index < -0.39 is 17.3 Å². The molecule has 2 fully saturated rings. The third-order valence-electron chi connectivity index (χ3n) is 7.30. The first-order valence-electron chi connectivity index (χ1n) is 11.9. The van der Waals surface area contributed by atoms with Crippen LogP contribution in [0, 0.1) is 36.0 Å². The molecule has 2 aromatic rings. The first kappa shape index (κ1) is 25.5. The highest BCUT2D eigenvalue weighted by Gasteiger charge is 2.43. The molecule has 1 N–H and O–H groups in total. The van der Waals surface area contributed by atoms with Gasteiger partial charge in [0.25, 0.3) is 5.91 Å². The van der Waals surface area contributed by atoms with E-state index in [9.17, 15) is 22.8 Å². The molecule has 2 atom stereocenters. The van der Waals surface area contributed by atoms with E-state index in [0.717, 1.165) is 11.6 Å². The van der Waals surface area contributed by atoms with Gasteiger partial charge >= 0.3 is 6.18 Å². The minimum Gasteiger partial charge on any atom is -0.370 e. The molecule has 2 amide bonds. The Labute approximate surface area is 207 Å². The Kier molecular flexibility index (Phi) is 7.20. The molecule has 0 radical (unpaired) electrons. The largest absolute Gasteiger partial charge is 0.417 e. The predicted molar refractivity (Wildman–Crippen MR) is 127 cm³/mol. The van der Waals surface area contributed by atoms with Crippen LogP contribution in [0.3, 0.4) is 0 Å². The number of anilines is 1. The summed E-state index contributed by atoms with van der Waals surface area (Å²) in [5, 5.41) is 11.8. The number of carbonyl (C=O) groups excluding carboxylic acids is 2. The number of pyridine rings is 1. The molecule has 0 aliphatic carbocycles. The number of likely N-dealkylation sites (tertiary alicyclic amines) is 1. The fourth-order valence-corrected chi connectivity index (χ4v) is 5.43. The lowest BCUT2D eigenvalue weighted by molar-refractivity contribution is -0.137. The van der Waals surface area contributed by atoms with Crippen LogP contribution >= 0.6 is 0 Å². The molecule has 3 heterocycles. The van der Waals surface area contributed by atoms with Crippen LogP contribution < -0.4 is 10.2 Å². The molecule has 4 rings (SSSR count). The summed E-state index contributed by atoms with van der Waals surface area (Å²) in [4.78, 5) is 33.3. The van der Waals surface area contributed by atoms with Crippen LogP contribution in [0.1, 0.15) is 39.9 Å². The zero-order valence-corrected chi connectivity index (χ0v) is 20.2. The highest BCUT2D eigenvalue weighted by Crippen LogP contribution is 2.40. The van der Waals surface area contributed by atoms with Crippen LogP contribution in [-0.4, -0.2) is 54.9 Å². The van der Waals surface area contributed by atoms with Gasteiger partial charge in [-0.1, -0.05) is 0 Å². The van der Waals surface area contributed by atoms with Crippen molar-refractivity contribution in [2.75, 3.05) is 38.1 Å². The average molecular weight is 500 g/mol. The summed E-state index contributed by atoms with van der Waals surface area (Å²) in [7, 11) is 1.56. The quantitative estimate of drug-likeness (QED) is 0.694. The second kappa shape index (κ2) is 10.2. The molecule has 2 aliphatic heterocycles. The number of rotatable bonds is 4. The van der Waals surface area contributed by atoms with Crippen molar-refractivity contribution in [1.29, 1.82) is 5.26 Å².